The summed E-state index contributed by atoms with van der Waals surface area (Å²) in [5, 5.41) is 0. The van der Waals surface area contributed by atoms with Gasteiger partial charge in [0.05, 0.1) is 0 Å². The molecule has 1 aromatic carbocycles. The molecule has 0 aromatic heterocycles. The Morgan fingerprint density at radius 1 is 1.21 bits per heavy atom. The maximum atomic E-state index is 11.8. The lowest BCUT2D eigenvalue weighted by Crippen LogP contribution is -2.35. The van der Waals surface area contributed by atoms with Crippen LogP contribution in [0.4, 0.5) is 11.4 Å². The molecule has 0 aliphatic carbocycles. The number of sulfonamides is 1. The molecule has 2 rings (SSSR count). The van der Waals surface area contributed by atoms with Crippen LogP contribution < -0.4 is 9.62 Å². The fourth-order valence-corrected chi connectivity index (χ4v) is 2.89. The van der Waals surface area contributed by atoms with E-state index < -0.39 is 10.0 Å². The molecule has 0 bridgehead atoms. The Hall–Kier alpha value is -1.08. The molecule has 1 aromatic rings. The molecule has 1 fully saturated rings. The van der Waals surface area contributed by atoms with E-state index in [1.807, 2.05) is 0 Å². The number of hydrogen-bond donors (Lipinski definition) is 1. The van der Waals surface area contributed by atoms with E-state index in [1.165, 1.54) is 0 Å². The van der Waals surface area contributed by atoms with Crippen LogP contribution in [-0.4, -0.2) is 25.5 Å². The van der Waals surface area contributed by atoms with E-state index in [0.29, 0.717) is 12.1 Å². The van der Waals surface area contributed by atoms with Gasteiger partial charge >= 0.3 is 0 Å². The largest absolute Gasteiger partial charge is 0.312 e. The normalized spacial score (nSPS) is 16.5. The number of halogens is 1. The van der Waals surface area contributed by atoms with E-state index in [2.05, 4.69) is 20.7 Å². The summed E-state index contributed by atoms with van der Waals surface area (Å²) in [7, 11) is -3.33. The number of alkyl halides is 1. The van der Waals surface area contributed by atoms with Crippen LogP contribution in [0.15, 0.2) is 24.3 Å². The Morgan fingerprint density at radius 2 is 1.89 bits per heavy atom. The SMILES string of the molecule is O=C1CCCCN1c1ccc(NS(=O)(=O)CBr)cc1. The van der Waals surface area contributed by atoms with E-state index in [0.717, 1.165) is 25.1 Å². The van der Waals surface area contributed by atoms with Crippen LogP contribution in [0.2, 0.25) is 0 Å². The highest BCUT2D eigenvalue weighted by molar-refractivity contribution is 9.10. The highest BCUT2D eigenvalue weighted by Crippen LogP contribution is 2.23. The van der Waals surface area contributed by atoms with Crippen LogP contribution in [0.5, 0.6) is 0 Å². The lowest BCUT2D eigenvalue weighted by atomic mass is 10.1. The van der Waals surface area contributed by atoms with Gasteiger partial charge in [-0.3, -0.25) is 9.52 Å². The molecule has 1 aliphatic rings. The van der Waals surface area contributed by atoms with Crippen molar-refractivity contribution in [3.05, 3.63) is 24.3 Å². The molecule has 0 atom stereocenters. The second kappa shape index (κ2) is 5.92. The molecule has 0 unspecified atom stereocenters. The second-order valence-corrected chi connectivity index (χ2v) is 7.40. The van der Waals surface area contributed by atoms with Crippen molar-refractivity contribution >= 4 is 43.2 Å². The van der Waals surface area contributed by atoms with E-state index in [1.54, 1.807) is 29.2 Å². The van der Waals surface area contributed by atoms with Gasteiger partial charge in [-0.05, 0) is 37.1 Å². The summed E-state index contributed by atoms with van der Waals surface area (Å²) in [5.74, 6) is 0.125. The molecule has 1 amide bonds. The maximum Gasteiger partial charge on any atom is 0.242 e. The second-order valence-electron chi connectivity index (χ2n) is 4.38. The minimum atomic E-state index is -3.33. The van der Waals surface area contributed by atoms with Gasteiger partial charge in [0.2, 0.25) is 15.9 Å². The molecule has 0 saturated carbocycles. The van der Waals surface area contributed by atoms with Gasteiger partial charge < -0.3 is 4.90 Å². The van der Waals surface area contributed by atoms with Crippen molar-refractivity contribution in [2.24, 2.45) is 0 Å². The Morgan fingerprint density at radius 3 is 2.47 bits per heavy atom. The first-order valence-electron chi connectivity index (χ1n) is 5.99. The van der Waals surface area contributed by atoms with Crippen LogP contribution in [-0.2, 0) is 14.8 Å². The molecule has 0 radical (unpaired) electrons. The first-order valence-corrected chi connectivity index (χ1v) is 8.76. The lowest BCUT2D eigenvalue weighted by Gasteiger charge is -2.26. The van der Waals surface area contributed by atoms with Crippen LogP contribution in [0.3, 0.4) is 0 Å². The molecule has 1 aliphatic heterocycles. The van der Waals surface area contributed by atoms with E-state index >= 15 is 0 Å². The molecule has 0 spiro atoms. The third-order valence-electron chi connectivity index (χ3n) is 2.92. The van der Waals surface area contributed by atoms with Gasteiger partial charge in [-0.15, -0.1) is 0 Å². The molecule has 1 N–H and O–H groups in total. The third kappa shape index (κ3) is 3.70. The highest BCUT2D eigenvalue weighted by atomic mass is 79.9. The van der Waals surface area contributed by atoms with Crippen molar-refractivity contribution in [2.45, 2.75) is 19.3 Å². The number of carbonyl (C=O) groups is 1. The number of piperidine rings is 1. The van der Waals surface area contributed by atoms with Gasteiger partial charge in [-0.1, -0.05) is 15.9 Å². The van der Waals surface area contributed by atoms with Gasteiger partial charge in [0, 0.05) is 24.3 Å². The number of hydrogen-bond acceptors (Lipinski definition) is 3. The van der Waals surface area contributed by atoms with Gasteiger partial charge in [0.15, 0.2) is 0 Å². The molecular weight excluding hydrogens is 332 g/mol. The molecule has 19 heavy (non-hydrogen) atoms. The number of carbonyl (C=O) groups excluding carboxylic acids is 1. The summed E-state index contributed by atoms with van der Waals surface area (Å²) in [5.41, 5.74) is 1.30. The predicted octanol–water partition coefficient (Wildman–Crippen LogP) is 2.30. The van der Waals surface area contributed by atoms with Gasteiger partial charge in [0.1, 0.15) is 4.66 Å². The van der Waals surface area contributed by atoms with Crippen LogP contribution in [0.1, 0.15) is 19.3 Å². The van der Waals surface area contributed by atoms with Gasteiger partial charge in [-0.2, -0.15) is 0 Å². The zero-order valence-electron chi connectivity index (χ0n) is 10.3. The summed E-state index contributed by atoms with van der Waals surface area (Å²) >= 11 is 2.91. The molecule has 1 heterocycles. The third-order valence-corrected chi connectivity index (χ3v) is 5.56. The fraction of sp³-hybridized carbons (Fsp3) is 0.417. The Balaban J connectivity index is 2.12. The number of nitrogens with one attached hydrogen (secondary N) is 1. The molecule has 7 heteroatoms. The van der Waals surface area contributed by atoms with Crippen LogP contribution in [0, 0.1) is 0 Å². The molecule has 1 saturated heterocycles. The molecule has 104 valence electrons. The van der Waals surface area contributed by atoms with Crippen molar-refractivity contribution < 1.29 is 13.2 Å². The van der Waals surface area contributed by atoms with Crippen molar-refractivity contribution in [1.29, 1.82) is 0 Å². The minimum absolute atomic E-state index is 0.125. The predicted molar refractivity (Wildman–Crippen MR) is 79.0 cm³/mol. The Labute approximate surface area is 121 Å². The number of nitrogens with zero attached hydrogens (tertiary/aromatic N) is 1. The summed E-state index contributed by atoms with van der Waals surface area (Å²) in [6.07, 6.45) is 2.53. The summed E-state index contributed by atoms with van der Waals surface area (Å²) < 4.78 is 25.1. The van der Waals surface area contributed by atoms with E-state index in [4.69, 9.17) is 0 Å². The number of amides is 1. The highest BCUT2D eigenvalue weighted by Gasteiger charge is 2.19. The van der Waals surface area contributed by atoms with Crippen molar-refractivity contribution in [3.63, 3.8) is 0 Å². The lowest BCUT2D eigenvalue weighted by molar-refractivity contribution is -0.119. The number of benzene rings is 1. The van der Waals surface area contributed by atoms with Crippen molar-refractivity contribution in [2.75, 3.05) is 20.8 Å². The van der Waals surface area contributed by atoms with Gasteiger partial charge in [-0.25, -0.2) is 8.42 Å². The first kappa shape index (κ1) is 14.3. The quantitative estimate of drug-likeness (QED) is 0.850. The van der Waals surface area contributed by atoms with Crippen molar-refractivity contribution in [3.8, 4) is 0 Å². The maximum absolute atomic E-state index is 11.8. The van der Waals surface area contributed by atoms with Gasteiger partial charge in [0.25, 0.3) is 0 Å². The first-order chi connectivity index (χ1) is 9.02. The topological polar surface area (TPSA) is 66.5 Å². The van der Waals surface area contributed by atoms with Crippen molar-refractivity contribution in [1.82, 2.24) is 0 Å². The monoisotopic (exact) mass is 346 g/mol. The summed E-state index contributed by atoms with van der Waals surface area (Å²) in [6.45, 7) is 0.727. The summed E-state index contributed by atoms with van der Waals surface area (Å²) in [6, 6.07) is 6.85. The standard InChI is InChI=1S/C12H15BrN2O3S/c13-9-19(17,18)14-10-4-6-11(7-5-10)15-8-2-1-3-12(15)16/h4-7,14H,1-3,8-9H2. The Bertz CT molecular complexity index is 557. The molecular formula is C12H15BrN2O3S. The summed E-state index contributed by atoms with van der Waals surface area (Å²) in [4.78, 5) is 13.5. The Kier molecular flexibility index (Phi) is 4.46. The van der Waals surface area contributed by atoms with E-state index in [9.17, 15) is 13.2 Å². The smallest absolute Gasteiger partial charge is 0.242 e. The minimum Gasteiger partial charge on any atom is -0.312 e. The average Bonchev–Trinajstić information content (AvgIpc) is 2.40. The van der Waals surface area contributed by atoms with Crippen LogP contribution >= 0.6 is 15.9 Å². The fourth-order valence-electron chi connectivity index (χ4n) is 2.00. The van der Waals surface area contributed by atoms with Crippen LogP contribution in [0.25, 0.3) is 0 Å². The zero-order chi connectivity index (χ0) is 13.9. The zero-order valence-corrected chi connectivity index (χ0v) is 12.7. The average molecular weight is 347 g/mol. The number of anilines is 2. The number of rotatable bonds is 4. The molecule has 5 nitrogen and oxygen atoms in total. The van der Waals surface area contributed by atoms with E-state index in [-0.39, 0.29) is 10.6 Å².